The molecule has 10 heteroatoms. The van der Waals surface area contributed by atoms with Crippen LogP contribution in [0.1, 0.15) is 53.3 Å². The van der Waals surface area contributed by atoms with E-state index in [0.29, 0.717) is 22.4 Å². The Bertz CT molecular complexity index is 1110. The number of hydrogen-bond acceptors (Lipinski definition) is 7. The van der Waals surface area contributed by atoms with E-state index in [1.54, 1.807) is 41.2 Å². The summed E-state index contributed by atoms with van der Waals surface area (Å²) in [6.07, 6.45) is 7.88. The summed E-state index contributed by atoms with van der Waals surface area (Å²) in [5, 5.41) is 26.1. The second-order valence-electron chi connectivity index (χ2n) is 8.28. The van der Waals surface area contributed by atoms with Crippen LogP contribution in [-0.2, 0) is 0 Å². The summed E-state index contributed by atoms with van der Waals surface area (Å²) in [6.45, 7) is 1.61. The van der Waals surface area contributed by atoms with Gasteiger partial charge in [0.1, 0.15) is 17.8 Å². The summed E-state index contributed by atoms with van der Waals surface area (Å²) in [5.41, 5.74) is 1.73. The summed E-state index contributed by atoms with van der Waals surface area (Å²) in [5.74, 6) is 0.694. The third kappa shape index (κ3) is 5.68. The average molecular weight is 471 g/mol. The lowest BCUT2D eigenvalue weighted by molar-refractivity contribution is 0.0911. The monoisotopic (exact) mass is 470 g/mol. The van der Waals surface area contributed by atoms with Gasteiger partial charge in [-0.15, -0.1) is 0 Å². The lowest BCUT2D eigenvalue weighted by Crippen LogP contribution is -2.31. The highest BCUT2D eigenvalue weighted by atomic mass is 35.5. The number of anilines is 1. The van der Waals surface area contributed by atoms with Crippen LogP contribution in [-0.4, -0.2) is 54.4 Å². The van der Waals surface area contributed by atoms with Gasteiger partial charge in [0.05, 0.1) is 18.8 Å². The highest BCUT2D eigenvalue weighted by molar-refractivity contribution is 6.30. The van der Waals surface area contributed by atoms with Crippen LogP contribution in [0.5, 0.6) is 0 Å². The molecule has 4 N–H and O–H groups in total. The number of benzene rings is 1. The molecule has 174 valence electrons. The molecule has 0 aliphatic heterocycles. The molecule has 2 aromatic heterocycles. The zero-order valence-corrected chi connectivity index (χ0v) is 19.0. The van der Waals surface area contributed by atoms with Gasteiger partial charge in [-0.25, -0.2) is 9.97 Å². The number of nitrogens with one attached hydrogen (secondary N) is 2. The van der Waals surface area contributed by atoms with Crippen LogP contribution in [0, 0.1) is 6.92 Å². The summed E-state index contributed by atoms with van der Waals surface area (Å²) in [6, 6.07) is 6.60. The van der Waals surface area contributed by atoms with E-state index in [-0.39, 0.29) is 24.4 Å². The molecule has 1 saturated carbocycles. The van der Waals surface area contributed by atoms with Gasteiger partial charge < -0.3 is 20.8 Å². The quantitative estimate of drug-likeness (QED) is 0.418. The minimum Gasteiger partial charge on any atom is -0.394 e. The molecule has 0 saturated heterocycles. The Kier molecular flexibility index (Phi) is 7.22. The van der Waals surface area contributed by atoms with E-state index in [1.165, 1.54) is 6.33 Å². The molecule has 0 spiro atoms. The van der Waals surface area contributed by atoms with Crippen molar-refractivity contribution >= 4 is 23.5 Å². The molecule has 33 heavy (non-hydrogen) atoms. The third-order valence-corrected chi connectivity index (χ3v) is 6.01. The van der Waals surface area contributed by atoms with E-state index < -0.39 is 11.9 Å². The van der Waals surface area contributed by atoms with Gasteiger partial charge in [0.25, 0.3) is 5.91 Å². The third-order valence-electron chi connectivity index (χ3n) is 5.77. The Morgan fingerprint density at radius 2 is 2.06 bits per heavy atom. The highest BCUT2D eigenvalue weighted by Gasteiger charge is 2.21. The second kappa shape index (κ2) is 10.3. The van der Waals surface area contributed by atoms with Crippen LogP contribution < -0.4 is 10.6 Å². The van der Waals surface area contributed by atoms with Crippen molar-refractivity contribution in [3.05, 3.63) is 64.8 Å². The number of halogens is 1. The molecule has 1 aromatic carbocycles. The first-order chi connectivity index (χ1) is 15.9. The highest BCUT2D eigenvalue weighted by Crippen LogP contribution is 2.22. The van der Waals surface area contributed by atoms with E-state index in [2.05, 4.69) is 25.6 Å². The normalized spacial score (nSPS) is 19.2. The van der Waals surface area contributed by atoms with Crippen molar-refractivity contribution in [1.82, 2.24) is 24.8 Å². The standard InChI is InChI=1S/C23H27ClN6O3/c1-14-10-25-23(27-17-5-7-18(32)8-6-17)29-21(14)30-11-19(26-13-30)22(33)28-20(12-31)15-3-2-4-16(24)9-15/h2-4,9-11,13,17-18,20,31-32H,5-8,12H2,1H3,(H,28,33)(H,25,27,29)/t17?,18?,20-/m1/s1. The lowest BCUT2D eigenvalue weighted by atomic mass is 9.93. The van der Waals surface area contributed by atoms with Gasteiger partial charge in [-0.05, 0) is 50.3 Å². The molecule has 9 nitrogen and oxygen atoms in total. The number of aryl methyl sites for hydroxylation is 1. The number of aromatic nitrogens is 4. The molecule has 0 unspecified atom stereocenters. The van der Waals surface area contributed by atoms with Crippen LogP contribution >= 0.6 is 11.6 Å². The smallest absolute Gasteiger partial charge is 0.272 e. The molecule has 1 fully saturated rings. The van der Waals surface area contributed by atoms with Crippen molar-refractivity contribution in [3.8, 4) is 5.82 Å². The fraction of sp³-hybridized carbons (Fsp3) is 0.391. The van der Waals surface area contributed by atoms with Crippen molar-refractivity contribution in [2.24, 2.45) is 0 Å². The number of hydrogen-bond donors (Lipinski definition) is 4. The zero-order valence-electron chi connectivity index (χ0n) is 18.3. The van der Waals surface area contributed by atoms with E-state index in [4.69, 9.17) is 11.6 Å². The number of carbonyl (C=O) groups is 1. The molecule has 1 amide bonds. The number of amides is 1. The number of carbonyl (C=O) groups excluding carboxylic acids is 1. The summed E-state index contributed by atoms with van der Waals surface area (Å²) in [7, 11) is 0. The lowest BCUT2D eigenvalue weighted by Gasteiger charge is -2.26. The van der Waals surface area contributed by atoms with Crippen molar-refractivity contribution in [2.75, 3.05) is 11.9 Å². The second-order valence-corrected chi connectivity index (χ2v) is 8.72. The van der Waals surface area contributed by atoms with Crippen molar-refractivity contribution < 1.29 is 15.0 Å². The largest absolute Gasteiger partial charge is 0.394 e. The van der Waals surface area contributed by atoms with Crippen LogP contribution in [0.3, 0.4) is 0 Å². The fourth-order valence-corrected chi connectivity index (χ4v) is 4.11. The Morgan fingerprint density at radius 3 is 2.79 bits per heavy atom. The fourth-order valence-electron chi connectivity index (χ4n) is 3.91. The van der Waals surface area contributed by atoms with E-state index >= 15 is 0 Å². The van der Waals surface area contributed by atoms with Crippen molar-refractivity contribution in [2.45, 2.75) is 50.8 Å². The minimum atomic E-state index is -0.605. The predicted octanol–water partition coefficient (Wildman–Crippen LogP) is 2.80. The Balaban J connectivity index is 1.47. The maximum Gasteiger partial charge on any atom is 0.272 e. The first kappa shape index (κ1) is 23.2. The minimum absolute atomic E-state index is 0.198. The zero-order chi connectivity index (χ0) is 23.4. The number of nitrogens with zero attached hydrogens (tertiary/aromatic N) is 4. The molecule has 0 bridgehead atoms. The first-order valence-electron chi connectivity index (χ1n) is 10.9. The number of imidazole rings is 1. The van der Waals surface area contributed by atoms with Gasteiger partial charge in [-0.2, -0.15) is 4.98 Å². The van der Waals surface area contributed by atoms with Crippen LogP contribution in [0.2, 0.25) is 5.02 Å². The van der Waals surface area contributed by atoms with Gasteiger partial charge in [0, 0.05) is 29.0 Å². The van der Waals surface area contributed by atoms with E-state index in [0.717, 1.165) is 31.2 Å². The molecule has 4 rings (SSSR count). The van der Waals surface area contributed by atoms with E-state index in [9.17, 15) is 15.0 Å². The number of rotatable bonds is 7. The number of aliphatic hydroxyl groups is 2. The molecule has 0 radical (unpaired) electrons. The van der Waals surface area contributed by atoms with Gasteiger partial charge in [0.2, 0.25) is 5.95 Å². The van der Waals surface area contributed by atoms with Crippen LogP contribution in [0.15, 0.2) is 43.0 Å². The van der Waals surface area contributed by atoms with Crippen molar-refractivity contribution in [3.63, 3.8) is 0 Å². The molecular formula is C23H27ClN6O3. The average Bonchev–Trinajstić information content (AvgIpc) is 3.30. The summed E-state index contributed by atoms with van der Waals surface area (Å²) < 4.78 is 1.68. The van der Waals surface area contributed by atoms with E-state index in [1.807, 2.05) is 6.92 Å². The Hall–Kier alpha value is -3.01. The molecule has 1 aliphatic rings. The first-order valence-corrected chi connectivity index (χ1v) is 11.3. The maximum absolute atomic E-state index is 12.8. The Morgan fingerprint density at radius 1 is 1.27 bits per heavy atom. The molecular weight excluding hydrogens is 444 g/mol. The van der Waals surface area contributed by atoms with Crippen molar-refractivity contribution in [1.29, 1.82) is 0 Å². The molecule has 2 heterocycles. The Labute approximate surface area is 196 Å². The topological polar surface area (TPSA) is 125 Å². The van der Waals surface area contributed by atoms with Crippen LogP contribution in [0.4, 0.5) is 5.95 Å². The SMILES string of the molecule is Cc1cnc(NC2CCC(O)CC2)nc1-n1cnc(C(=O)N[C@H](CO)c2cccc(Cl)c2)c1. The van der Waals surface area contributed by atoms with Crippen LogP contribution in [0.25, 0.3) is 5.82 Å². The maximum atomic E-state index is 12.8. The molecule has 1 aliphatic carbocycles. The summed E-state index contributed by atoms with van der Waals surface area (Å²) in [4.78, 5) is 26.0. The number of aliphatic hydroxyl groups excluding tert-OH is 2. The predicted molar refractivity (Wildman–Crippen MR) is 125 cm³/mol. The summed E-state index contributed by atoms with van der Waals surface area (Å²) >= 11 is 6.03. The van der Waals surface area contributed by atoms with Gasteiger partial charge in [0.15, 0.2) is 0 Å². The molecule has 3 aromatic rings. The van der Waals surface area contributed by atoms with Gasteiger partial charge >= 0.3 is 0 Å². The van der Waals surface area contributed by atoms with Gasteiger partial charge in [-0.1, -0.05) is 23.7 Å². The molecule has 1 atom stereocenters. The van der Waals surface area contributed by atoms with Gasteiger partial charge in [-0.3, -0.25) is 9.36 Å².